The van der Waals surface area contributed by atoms with Gasteiger partial charge in [0.2, 0.25) is 0 Å². The molecule has 3 N–H and O–H groups in total. The molecule has 0 bridgehead atoms. The summed E-state index contributed by atoms with van der Waals surface area (Å²) in [5.41, 5.74) is 5.86. The van der Waals surface area contributed by atoms with Crippen LogP contribution in [0.15, 0.2) is 0 Å². The molecule has 4 nitrogen and oxygen atoms in total. The third-order valence-electron chi connectivity index (χ3n) is 4.85. The van der Waals surface area contributed by atoms with Crippen LogP contribution in [0.3, 0.4) is 0 Å². The second-order valence-corrected chi connectivity index (χ2v) is 8.12. The zero-order chi connectivity index (χ0) is 18.3. The minimum atomic E-state index is 0. The fourth-order valence-corrected chi connectivity index (χ4v) is 3.02. The van der Waals surface area contributed by atoms with Gasteiger partial charge in [-0.05, 0) is 12.8 Å². The van der Waals surface area contributed by atoms with Gasteiger partial charge >= 0.3 is 5.96 Å². The smallest absolute Gasteiger partial charge is 0.343 e. The van der Waals surface area contributed by atoms with E-state index < -0.39 is 0 Å². The number of nitrogens with zero attached hydrogens (tertiary/aromatic N) is 2. The fourth-order valence-electron chi connectivity index (χ4n) is 3.02. The second kappa shape index (κ2) is 19.9. The number of unbranched alkanes of at least 4 members (excludes halogenated alkanes) is 9. The molecule has 0 heterocycles. The number of nitrogens with one attached hydrogen (secondary N) is 1. The molecule has 0 rings (SSSR count). The molecule has 0 unspecified atom stereocenters. The molecule has 0 fully saturated rings. The lowest BCUT2D eigenvalue weighted by Crippen LogP contribution is -3.00. The number of guanidine groups is 1. The summed E-state index contributed by atoms with van der Waals surface area (Å²) >= 11 is 0. The van der Waals surface area contributed by atoms with Crippen LogP contribution in [0.4, 0.5) is 0 Å². The first kappa shape index (κ1) is 30.9. The van der Waals surface area contributed by atoms with E-state index >= 15 is 0 Å². The maximum Gasteiger partial charge on any atom is 0.343 e. The molecule has 0 amide bonds. The number of quaternary nitrogens is 1. The van der Waals surface area contributed by atoms with Gasteiger partial charge < -0.3 is 38.4 Å². The minimum Gasteiger partial charge on any atom is -1.00 e. The van der Waals surface area contributed by atoms with Gasteiger partial charge in [-0.3, -0.25) is 15.6 Å². The van der Waals surface area contributed by atoms with Crippen molar-refractivity contribution in [1.82, 2.24) is 5.32 Å². The van der Waals surface area contributed by atoms with Crippen LogP contribution in [0.25, 0.3) is 0 Å². The Morgan fingerprint density at radius 1 is 0.769 bits per heavy atom. The lowest BCUT2D eigenvalue weighted by atomic mass is 10.1. The van der Waals surface area contributed by atoms with Gasteiger partial charge in [-0.2, -0.15) is 0 Å². The molecule has 0 saturated heterocycles. The number of nitrogens with two attached hydrogens (primary N) is 1. The quantitative estimate of drug-likeness (QED) is 0.0860. The summed E-state index contributed by atoms with van der Waals surface area (Å²) in [6.45, 7) is 5.76. The van der Waals surface area contributed by atoms with E-state index in [-0.39, 0.29) is 34.0 Å². The molecule has 0 aliphatic heterocycles. The molecule has 0 aliphatic rings. The maximum atomic E-state index is 5.86. The fraction of sp³-hybridized carbons (Fsp3) is 0.950. The first-order valence-electron chi connectivity index (χ1n) is 10.2. The zero-order valence-corrected chi connectivity index (χ0v) is 21.3. The second-order valence-electron chi connectivity index (χ2n) is 8.12. The highest BCUT2D eigenvalue weighted by molar-refractivity contribution is 5.72. The van der Waals surface area contributed by atoms with E-state index in [4.69, 9.17) is 5.73 Å². The predicted octanol–water partition coefficient (Wildman–Crippen LogP) is -2.44. The average molecular weight is 502 g/mol. The Kier molecular flexibility index (Phi) is 23.7. The Morgan fingerprint density at radius 3 is 1.65 bits per heavy atom. The van der Waals surface area contributed by atoms with E-state index in [1.165, 1.54) is 83.7 Å². The first-order valence-corrected chi connectivity index (χ1v) is 10.2. The number of hydrogen-bond acceptors (Lipinski definition) is 0. The summed E-state index contributed by atoms with van der Waals surface area (Å²) in [5.74, 6) is 0.759. The van der Waals surface area contributed by atoms with Crippen LogP contribution >= 0.6 is 0 Å². The van der Waals surface area contributed by atoms with Crippen molar-refractivity contribution >= 4 is 5.96 Å². The maximum absolute atomic E-state index is 5.86. The standard InChI is InChI=1S/C20H45N4.2BrH/c1-6-7-8-9-10-11-12-13-14-15-18-24(4,5)19-16-17-22-20(21)23(2)3;;/h6-19H2,1-5H3,(H2,21,22);2*1H/q+1;;/p-1. The molecule has 6 heteroatoms. The molecule has 160 valence electrons. The van der Waals surface area contributed by atoms with Crippen molar-refractivity contribution < 1.29 is 43.0 Å². The normalized spacial score (nSPS) is 10.7. The Labute approximate surface area is 185 Å². The third-order valence-corrected chi connectivity index (χ3v) is 4.85. The zero-order valence-electron chi connectivity index (χ0n) is 18.1. The summed E-state index contributed by atoms with van der Waals surface area (Å²) < 4.78 is 3.05. The van der Waals surface area contributed by atoms with Crippen molar-refractivity contribution in [2.45, 2.75) is 77.6 Å². The van der Waals surface area contributed by atoms with Gasteiger partial charge in [0.05, 0.1) is 47.8 Å². The van der Waals surface area contributed by atoms with Crippen molar-refractivity contribution in [1.29, 1.82) is 0 Å². The summed E-state index contributed by atoms with van der Waals surface area (Å²) in [6.07, 6.45) is 15.3. The van der Waals surface area contributed by atoms with E-state index in [9.17, 15) is 0 Å². The van der Waals surface area contributed by atoms with Crippen molar-refractivity contribution in [3.63, 3.8) is 0 Å². The summed E-state index contributed by atoms with van der Waals surface area (Å²) in [5, 5.41) is 3.27. The van der Waals surface area contributed by atoms with Crippen LogP contribution in [0, 0.1) is 0 Å². The lowest BCUT2D eigenvalue weighted by Gasteiger charge is -2.29. The van der Waals surface area contributed by atoms with Gasteiger partial charge in [-0.1, -0.05) is 58.3 Å². The summed E-state index contributed by atoms with van der Waals surface area (Å²) in [7, 11) is 8.64. The largest absolute Gasteiger partial charge is 1.00 e. The molecule has 0 spiro atoms. The molecule has 26 heavy (non-hydrogen) atoms. The Morgan fingerprint density at radius 2 is 1.19 bits per heavy atom. The van der Waals surface area contributed by atoms with Crippen LogP contribution in [-0.4, -0.2) is 62.8 Å². The molecule has 0 saturated carbocycles. The van der Waals surface area contributed by atoms with Crippen LogP contribution in [0.2, 0.25) is 0 Å². The predicted molar refractivity (Wildman–Crippen MR) is 108 cm³/mol. The van der Waals surface area contributed by atoms with Gasteiger partial charge in [-0.15, -0.1) is 0 Å². The third kappa shape index (κ3) is 20.5. The highest BCUT2D eigenvalue weighted by Crippen LogP contribution is 2.11. The molecule has 0 aromatic heterocycles. The van der Waals surface area contributed by atoms with Crippen molar-refractivity contribution in [3.05, 3.63) is 0 Å². The molecule has 0 radical (unpaired) electrons. The van der Waals surface area contributed by atoms with Crippen LogP contribution in [0.1, 0.15) is 77.6 Å². The summed E-state index contributed by atoms with van der Waals surface area (Å²) in [6, 6.07) is 0. The molecule has 0 aromatic carbocycles. The Bertz CT molecular complexity index is 330. The Hall–Kier alpha value is 0.190. The lowest BCUT2D eigenvalue weighted by molar-refractivity contribution is -0.890. The van der Waals surface area contributed by atoms with Gasteiger partial charge in [-0.25, -0.2) is 0 Å². The van der Waals surface area contributed by atoms with Crippen molar-refractivity contribution in [3.8, 4) is 0 Å². The first-order chi connectivity index (χ1) is 11.4. The number of halogens is 2. The van der Waals surface area contributed by atoms with Gasteiger partial charge in [0.25, 0.3) is 0 Å². The van der Waals surface area contributed by atoms with Crippen molar-refractivity contribution in [2.75, 3.05) is 47.8 Å². The topological polar surface area (TPSA) is 41.1 Å². The van der Waals surface area contributed by atoms with E-state index in [2.05, 4.69) is 26.3 Å². The van der Waals surface area contributed by atoms with Crippen LogP contribution < -0.4 is 45.0 Å². The van der Waals surface area contributed by atoms with Gasteiger partial charge in [0.1, 0.15) is 0 Å². The molecule has 0 atom stereocenters. The van der Waals surface area contributed by atoms with Gasteiger partial charge in [0, 0.05) is 6.42 Å². The van der Waals surface area contributed by atoms with Gasteiger partial charge in [0.15, 0.2) is 0 Å². The Balaban J connectivity index is -0.00000264. The monoisotopic (exact) mass is 500 g/mol. The highest BCUT2D eigenvalue weighted by atomic mass is 79.9. The SMILES string of the molecule is CCCCCCCCCCCC[N+](C)(C)CCCNC(N)=[N+](C)C.[Br-].[Br-]. The van der Waals surface area contributed by atoms with Crippen LogP contribution in [-0.2, 0) is 0 Å². The average Bonchev–Trinajstić information content (AvgIpc) is 2.53. The van der Waals surface area contributed by atoms with Crippen molar-refractivity contribution in [2.24, 2.45) is 5.73 Å². The highest BCUT2D eigenvalue weighted by Gasteiger charge is 2.14. The van der Waals surface area contributed by atoms with Crippen LogP contribution in [0.5, 0.6) is 0 Å². The molecular formula is C20H46Br2N4. The minimum absolute atomic E-state index is 0. The number of rotatable bonds is 15. The summed E-state index contributed by atoms with van der Waals surface area (Å²) in [4.78, 5) is 0. The van der Waals surface area contributed by atoms with E-state index in [1.807, 2.05) is 18.7 Å². The molecule has 0 aromatic rings. The molecular weight excluding hydrogens is 456 g/mol. The molecule has 0 aliphatic carbocycles. The van der Waals surface area contributed by atoms with E-state index in [0.717, 1.165) is 17.0 Å². The van der Waals surface area contributed by atoms with E-state index in [0.29, 0.717) is 0 Å². The van der Waals surface area contributed by atoms with E-state index in [1.54, 1.807) is 0 Å². The number of hydrogen-bond donors (Lipinski definition) is 2.